The maximum absolute atomic E-state index is 10.7. The van der Waals surface area contributed by atoms with Gasteiger partial charge >= 0.3 is 5.97 Å². The molecule has 62 valence electrons. The Morgan fingerprint density at radius 1 is 1.55 bits per heavy atom. The number of carbonyl (C=O) groups excluding carboxylic acids is 1. The second-order valence-corrected chi connectivity index (χ2v) is 1.89. The van der Waals surface area contributed by atoms with E-state index < -0.39 is 0 Å². The highest BCUT2D eigenvalue weighted by atomic mass is 16.5. The molecular weight excluding hydrogens is 144 g/mol. The molecule has 0 N–H and O–H groups in total. The molecule has 0 atom stereocenters. The lowest BCUT2D eigenvalue weighted by molar-refractivity contribution is -0.139. The molecule has 0 bridgehead atoms. The van der Waals surface area contributed by atoms with E-state index in [-0.39, 0.29) is 12.4 Å². The number of hydrogen-bond acceptors (Lipinski definition) is 3. The van der Waals surface area contributed by atoms with Gasteiger partial charge in [-0.25, -0.2) is 0 Å². The standard InChI is InChI=1S/C8H12O3/c1-4-7(6-10-2)5-8(9)11-3/h4,6H,1,5H2,2-3H3/b7-6-. The zero-order valence-corrected chi connectivity index (χ0v) is 6.79. The molecule has 0 aromatic rings. The van der Waals surface area contributed by atoms with Crippen LogP contribution in [0.5, 0.6) is 0 Å². The van der Waals surface area contributed by atoms with Crippen LogP contribution < -0.4 is 0 Å². The van der Waals surface area contributed by atoms with E-state index in [0.717, 1.165) is 0 Å². The SMILES string of the molecule is C=C/C(=C/OC)CC(=O)OC. The van der Waals surface area contributed by atoms with Gasteiger partial charge in [-0.2, -0.15) is 0 Å². The summed E-state index contributed by atoms with van der Waals surface area (Å²) in [6, 6.07) is 0. The fourth-order valence-corrected chi connectivity index (χ4v) is 0.552. The van der Waals surface area contributed by atoms with Gasteiger partial charge < -0.3 is 9.47 Å². The number of esters is 1. The Morgan fingerprint density at radius 3 is 2.55 bits per heavy atom. The fraction of sp³-hybridized carbons (Fsp3) is 0.375. The van der Waals surface area contributed by atoms with Crippen molar-refractivity contribution in [2.75, 3.05) is 14.2 Å². The third-order valence-corrected chi connectivity index (χ3v) is 1.11. The summed E-state index contributed by atoms with van der Waals surface area (Å²) in [5.74, 6) is -0.298. The predicted molar refractivity (Wildman–Crippen MR) is 41.9 cm³/mol. The Balaban J connectivity index is 3.98. The highest BCUT2D eigenvalue weighted by molar-refractivity contribution is 5.72. The molecule has 0 radical (unpaired) electrons. The first kappa shape index (κ1) is 9.75. The Labute approximate surface area is 66.3 Å². The van der Waals surface area contributed by atoms with Crippen LogP contribution in [0.4, 0.5) is 0 Å². The first-order valence-corrected chi connectivity index (χ1v) is 3.15. The summed E-state index contributed by atoms with van der Waals surface area (Å²) in [5.41, 5.74) is 0.708. The normalized spacial score (nSPS) is 10.5. The molecule has 0 rings (SSSR count). The van der Waals surface area contributed by atoms with Crippen LogP contribution in [0.25, 0.3) is 0 Å². The number of carbonyl (C=O) groups is 1. The minimum atomic E-state index is -0.298. The summed E-state index contributed by atoms with van der Waals surface area (Å²) in [6.07, 6.45) is 3.22. The molecule has 0 heterocycles. The smallest absolute Gasteiger partial charge is 0.310 e. The summed E-state index contributed by atoms with van der Waals surface area (Å²) >= 11 is 0. The van der Waals surface area contributed by atoms with Crippen molar-refractivity contribution in [3.05, 3.63) is 24.5 Å². The van der Waals surface area contributed by atoms with E-state index in [1.54, 1.807) is 6.08 Å². The van der Waals surface area contributed by atoms with Crippen LogP contribution in [0.15, 0.2) is 24.5 Å². The van der Waals surface area contributed by atoms with Gasteiger partial charge in [0.25, 0.3) is 0 Å². The van der Waals surface area contributed by atoms with Crippen molar-refractivity contribution in [2.24, 2.45) is 0 Å². The van der Waals surface area contributed by atoms with Crippen LogP contribution in [0.3, 0.4) is 0 Å². The second kappa shape index (κ2) is 5.53. The summed E-state index contributed by atoms with van der Waals surface area (Å²) in [7, 11) is 2.86. The van der Waals surface area contributed by atoms with Gasteiger partial charge in [0.1, 0.15) is 0 Å². The van der Waals surface area contributed by atoms with Crippen LogP contribution in [0.2, 0.25) is 0 Å². The van der Waals surface area contributed by atoms with Crippen LogP contribution in [0, 0.1) is 0 Å². The maximum atomic E-state index is 10.7. The van der Waals surface area contributed by atoms with E-state index in [9.17, 15) is 4.79 Å². The van der Waals surface area contributed by atoms with Gasteiger partial charge in [0.15, 0.2) is 0 Å². The molecule has 0 fully saturated rings. The molecule has 0 aliphatic carbocycles. The molecule has 3 nitrogen and oxygen atoms in total. The van der Waals surface area contributed by atoms with Gasteiger partial charge in [-0.1, -0.05) is 12.7 Å². The third kappa shape index (κ3) is 4.19. The Bertz CT molecular complexity index is 170. The molecule has 0 aliphatic heterocycles. The van der Waals surface area contributed by atoms with Gasteiger partial charge in [-0.15, -0.1) is 0 Å². The van der Waals surface area contributed by atoms with Crippen molar-refractivity contribution in [3.63, 3.8) is 0 Å². The van der Waals surface area contributed by atoms with E-state index in [0.29, 0.717) is 5.57 Å². The Hall–Kier alpha value is -1.25. The van der Waals surface area contributed by atoms with Gasteiger partial charge in [-0.3, -0.25) is 4.79 Å². The van der Waals surface area contributed by atoms with Crippen molar-refractivity contribution in [3.8, 4) is 0 Å². The molecule has 0 amide bonds. The van der Waals surface area contributed by atoms with Crippen LogP contribution in [-0.2, 0) is 14.3 Å². The lowest BCUT2D eigenvalue weighted by atomic mass is 10.2. The summed E-state index contributed by atoms with van der Waals surface area (Å²) in [4.78, 5) is 10.7. The first-order chi connectivity index (χ1) is 5.24. The molecule has 3 heteroatoms. The summed E-state index contributed by atoms with van der Waals surface area (Å²) in [6.45, 7) is 3.51. The van der Waals surface area contributed by atoms with Gasteiger partial charge in [0.05, 0.1) is 26.9 Å². The number of methoxy groups -OCH3 is 2. The lowest BCUT2D eigenvalue weighted by Gasteiger charge is -1.98. The van der Waals surface area contributed by atoms with Crippen LogP contribution >= 0.6 is 0 Å². The number of ether oxygens (including phenoxy) is 2. The fourth-order valence-electron chi connectivity index (χ4n) is 0.552. The average Bonchev–Trinajstić information content (AvgIpc) is 2.03. The molecular formula is C8H12O3. The third-order valence-electron chi connectivity index (χ3n) is 1.11. The molecule has 0 unspecified atom stereocenters. The number of rotatable bonds is 4. The van der Waals surface area contributed by atoms with Crippen molar-refractivity contribution in [1.29, 1.82) is 0 Å². The van der Waals surface area contributed by atoms with E-state index in [4.69, 9.17) is 4.74 Å². The van der Waals surface area contributed by atoms with Crippen molar-refractivity contribution >= 4 is 5.97 Å². The minimum absolute atomic E-state index is 0.202. The Kier molecular flexibility index (Phi) is 4.90. The van der Waals surface area contributed by atoms with Crippen LogP contribution in [-0.4, -0.2) is 20.2 Å². The second-order valence-electron chi connectivity index (χ2n) is 1.89. The molecule has 0 aromatic carbocycles. The molecule has 0 saturated carbocycles. The van der Waals surface area contributed by atoms with Crippen molar-refractivity contribution < 1.29 is 14.3 Å². The molecule has 11 heavy (non-hydrogen) atoms. The average molecular weight is 156 g/mol. The minimum Gasteiger partial charge on any atom is -0.504 e. The lowest BCUT2D eigenvalue weighted by Crippen LogP contribution is -2.00. The van der Waals surface area contributed by atoms with Crippen LogP contribution in [0.1, 0.15) is 6.42 Å². The van der Waals surface area contributed by atoms with Crippen molar-refractivity contribution in [2.45, 2.75) is 6.42 Å². The largest absolute Gasteiger partial charge is 0.504 e. The molecule has 0 spiro atoms. The topological polar surface area (TPSA) is 35.5 Å². The quantitative estimate of drug-likeness (QED) is 0.349. The Morgan fingerprint density at radius 2 is 2.18 bits per heavy atom. The van der Waals surface area contributed by atoms with E-state index in [2.05, 4.69) is 11.3 Å². The monoisotopic (exact) mass is 156 g/mol. The van der Waals surface area contributed by atoms with Gasteiger partial charge in [-0.05, 0) is 5.57 Å². The van der Waals surface area contributed by atoms with Crippen molar-refractivity contribution in [1.82, 2.24) is 0 Å². The van der Waals surface area contributed by atoms with Gasteiger partial charge in [0.2, 0.25) is 0 Å². The van der Waals surface area contributed by atoms with Gasteiger partial charge in [0, 0.05) is 0 Å². The molecule has 0 aliphatic rings. The predicted octanol–water partition coefficient (Wildman–Crippen LogP) is 1.27. The molecule has 0 aromatic heterocycles. The maximum Gasteiger partial charge on any atom is 0.310 e. The number of allylic oxidation sites excluding steroid dienone is 1. The summed E-state index contributed by atoms with van der Waals surface area (Å²) < 4.78 is 9.14. The highest BCUT2D eigenvalue weighted by Gasteiger charge is 2.01. The zero-order chi connectivity index (χ0) is 8.69. The summed E-state index contributed by atoms with van der Waals surface area (Å²) in [5, 5.41) is 0. The molecule has 0 saturated heterocycles. The highest BCUT2D eigenvalue weighted by Crippen LogP contribution is 2.03. The zero-order valence-electron chi connectivity index (χ0n) is 6.79. The number of hydrogen-bond donors (Lipinski definition) is 0. The van der Waals surface area contributed by atoms with E-state index in [1.165, 1.54) is 20.5 Å². The van der Waals surface area contributed by atoms with E-state index >= 15 is 0 Å². The first-order valence-electron chi connectivity index (χ1n) is 3.15. The van der Waals surface area contributed by atoms with E-state index in [1.807, 2.05) is 0 Å².